The molecule has 2 fully saturated rings. The van der Waals surface area contributed by atoms with E-state index in [-0.39, 0.29) is 40.5 Å². The number of imidazole rings is 1. The van der Waals surface area contributed by atoms with Crippen LogP contribution in [0.1, 0.15) is 59.9 Å². The van der Waals surface area contributed by atoms with Crippen molar-refractivity contribution >= 4 is 34.6 Å². The number of piperidine rings is 1. The summed E-state index contributed by atoms with van der Waals surface area (Å²) < 4.78 is 36.5. The summed E-state index contributed by atoms with van der Waals surface area (Å²) in [5, 5.41) is 9.64. The van der Waals surface area contributed by atoms with Crippen LogP contribution in [-0.4, -0.2) is 48.7 Å². The number of pyridine rings is 1. The fourth-order valence-electron chi connectivity index (χ4n) is 6.23. The zero-order valence-corrected chi connectivity index (χ0v) is 22.5. The predicted octanol–water partition coefficient (Wildman–Crippen LogP) is 5.52. The lowest BCUT2D eigenvalue weighted by molar-refractivity contribution is 0.0691. The molecule has 0 radical (unpaired) electrons. The average Bonchev–Trinajstić information content (AvgIpc) is 3.49. The molecule has 1 saturated heterocycles. The topological polar surface area (TPSA) is 106 Å². The van der Waals surface area contributed by atoms with Gasteiger partial charge in [0.2, 0.25) is 0 Å². The maximum atomic E-state index is 14.8. The van der Waals surface area contributed by atoms with E-state index in [1.165, 1.54) is 18.2 Å². The average molecular weight is 569 g/mol. The van der Waals surface area contributed by atoms with Crippen molar-refractivity contribution in [2.24, 2.45) is 12.5 Å². The van der Waals surface area contributed by atoms with Gasteiger partial charge in [-0.05, 0) is 55.4 Å². The van der Waals surface area contributed by atoms with Gasteiger partial charge in [0.15, 0.2) is 23.0 Å². The minimum absolute atomic E-state index is 0.00376. The van der Waals surface area contributed by atoms with Gasteiger partial charge in [-0.3, -0.25) is 0 Å². The van der Waals surface area contributed by atoms with Crippen LogP contribution in [0.4, 0.5) is 14.6 Å². The smallest absolute Gasteiger partial charge is 0.354 e. The predicted molar refractivity (Wildman–Crippen MR) is 144 cm³/mol. The third-order valence-electron chi connectivity index (χ3n) is 8.32. The molecular weight excluding hydrogens is 542 g/mol. The van der Waals surface area contributed by atoms with Crippen LogP contribution in [0, 0.1) is 17.0 Å². The highest BCUT2D eigenvalue weighted by Gasteiger charge is 2.47. The van der Waals surface area contributed by atoms with Crippen LogP contribution in [0.2, 0.25) is 5.02 Å². The molecular formula is C28H27ClF2N6O3. The van der Waals surface area contributed by atoms with Gasteiger partial charge < -0.3 is 19.3 Å². The highest BCUT2D eigenvalue weighted by atomic mass is 35.5. The third kappa shape index (κ3) is 4.72. The Morgan fingerprint density at radius 1 is 1.12 bits per heavy atom. The number of nitrogens with zero attached hydrogens (tertiary/aromatic N) is 6. The molecule has 1 unspecified atom stereocenters. The number of ether oxygens (including phenoxy) is 1. The first kappa shape index (κ1) is 26.4. The van der Waals surface area contributed by atoms with Gasteiger partial charge in [-0.15, -0.1) is 0 Å². The third-order valence-corrected chi connectivity index (χ3v) is 8.56. The summed E-state index contributed by atoms with van der Waals surface area (Å²) in [6.07, 6.45) is 5.80. The molecule has 3 aromatic heterocycles. The SMILES string of the molecule is Cn1c(C2CCCC23CCN(c2nc(OCc4ccc(Cl)cc4F)ncc2F)CC3)nc2ccc(C(=O)O)nc21. The molecule has 6 rings (SSSR count). The lowest BCUT2D eigenvalue weighted by Gasteiger charge is -2.43. The van der Waals surface area contributed by atoms with Gasteiger partial charge in [-0.2, -0.15) is 4.98 Å². The number of benzene rings is 1. The zero-order valence-electron chi connectivity index (χ0n) is 21.8. The van der Waals surface area contributed by atoms with E-state index in [9.17, 15) is 18.7 Å². The van der Waals surface area contributed by atoms with E-state index in [4.69, 9.17) is 21.3 Å². The number of hydrogen-bond acceptors (Lipinski definition) is 7. The number of carboxylic acid groups (broad SMARTS) is 1. The Hall–Kier alpha value is -3.86. The number of anilines is 1. The highest BCUT2D eigenvalue weighted by molar-refractivity contribution is 6.30. The number of carbonyl (C=O) groups is 1. The first-order valence-corrected chi connectivity index (χ1v) is 13.5. The molecule has 0 bridgehead atoms. The Kier molecular flexibility index (Phi) is 6.77. The molecule has 40 heavy (non-hydrogen) atoms. The van der Waals surface area contributed by atoms with Gasteiger partial charge in [0.05, 0.1) is 6.20 Å². The number of fused-ring (bicyclic) bond motifs is 1. The first-order chi connectivity index (χ1) is 19.2. The number of aromatic carboxylic acids is 1. The molecule has 1 aliphatic carbocycles. The van der Waals surface area contributed by atoms with Gasteiger partial charge >= 0.3 is 12.0 Å². The van der Waals surface area contributed by atoms with E-state index in [1.54, 1.807) is 12.1 Å². The normalized spacial score (nSPS) is 18.5. The lowest BCUT2D eigenvalue weighted by Crippen LogP contribution is -2.42. The van der Waals surface area contributed by atoms with Gasteiger partial charge in [0.25, 0.3) is 0 Å². The van der Waals surface area contributed by atoms with Crippen LogP contribution in [0.5, 0.6) is 6.01 Å². The van der Waals surface area contributed by atoms with E-state index < -0.39 is 17.6 Å². The maximum absolute atomic E-state index is 14.8. The monoisotopic (exact) mass is 568 g/mol. The van der Waals surface area contributed by atoms with Crippen LogP contribution in [0.3, 0.4) is 0 Å². The van der Waals surface area contributed by atoms with Gasteiger partial charge in [-0.25, -0.2) is 28.5 Å². The molecule has 4 heterocycles. The number of aromatic nitrogens is 5. The van der Waals surface area contributed by atoms with Crippen molar-refractivity contribution in [3.05, 3.63) is 70.3 Å². The molecule has 12 heteroatoms. The fourth-order valence-corrected chi connectivity index (χ4v) is 6.39. The summed E-state index contributed by atoms with van der Waals surface area (Å²) in [7, 11) is 1.89. The largest absolute Gasteiger partial charge is 0.477 e. The van der Waals surface area contributed by atoms with Crippen molar-refractivity contribution in [1.29, 1.82) is 0 Å². The van der Waals surface area contributed by atoms with E-state index in [0.717, 1.165) is 44.1 Å². The summed E-state index contributed by atoms with van der Waals surface area (Å²) in [5.74, 6) is -0.850. The Morgan fingerprint density at radius 2 is 1.93 bits per heavy atom. The number of carboxylic acids is 1. The molecule has 4 aromatic rings. The molecule has 1 saturated carbocycles. The van der Waals surface area contributed by atoms with Crippen molar-refractivity contribution in [1.82, 2.24) is 24.5 Å². The quantitative estimate of drug-likeness (QED) is 0.324. The number of rotatable bonds is 6. The molecule has 1 N–H and O–H groups in total. The van der Waals surface area contributed by atoms with Crippen molar-refractivity contribution in [3.63, 3.8) is 0 Å². The molecule has 1 spiro atoms. The van der Waals surface area contributed by atoms with Crippen LogP contribution in [0.15, 0.2) is 36.5 Å². The summed E-state index contributed by atoms with van der Waals surface area (Å²) in [6.45, 7) is 1.09. The molecule has 0 amide bonds. The first-order valence-electron chi connectivity index (χ1n) is 13.1. The van der Waals surface area contributed by atoms with Crippen LogP contribution in [-0.2, 0) is 13.7 Å². The van der Waals surface area contributed by atoms with Gasteiger partial charge in [0, 0.05) is 36.6 Å². The van der Waals surface area contributed by atoms with E-state index in [1.807, 2.05) is 16.5 Å². The lowest BCUT2D eigenvalue weighted by atomic mass is 9.70. The fraction of sp³-hybridized carbons (Fsp3) is 0.393. The maximum Gasteiger partial charge on any atom is 0.354 e. The van der Waals surface area contributed by atoms with E-state index in [2.05, 4.69) is 15.0 Å². The molecule has 208 valence electrons. The second kappa shape index (κ2) is 10.3. The Balaban J connectivity index is 1.18. The number of hydrogen-bond donors (Lipinski definition) is 1. The molecule has 1 atom stereocenters. The standard InChI is InChI=1S/C28H27ClF2N6O3/c1-36-23(33-21-6-7-22(26(38)39)34-25(21)36)18-3-2-8-28(18)9-11-37(12-10-28)24-20(31)14-32-27(35-24)40-15-16-4-5-17(29)13-19(16)30/h4-7,13-14,18H,2-3,8-12,15H2,1H3,(H,38,39). The van der Waals surface area contributed by atoms with Gasteiger partial charge in [-0.1, -0.05) is 24.1 Å². The Bertz CT molecular complexity index is 1600. The van der Waals surface area contributed by atoms with Crippen LogP contribution < -0.4 is 9.64 Å². The summed E-state index contributed by atoms with van der Waals surface area (Å²) >= 11 is 5.81. The second-order valence-corrected chi connectivity index (χ2v) is 11.0. The van der Waals surface area contributed by atoms with E-state index >= 15 is 0 Å². The molecule has 2 aliphatic rings. The van der Waals surface area contributed by atoms with Crippen molar-refractivity contribution in [2.45, 2.75) is 44.6 Å². The Labute approximate surface area is 233 Å². The second-order valence-electron chi connectivity index (χ2n) is 10.5. The highest BCUT2D eigenvalue weighted by Crippen LogP contribution is 2.55. The zero-order chi connectivity index (χ0) is 28.0. The minimum Gasteiger partial charge on any atom is -0.477 e. The van der Waals surface area contributed by atoms with E-state index in [0.29, 0.717) is 29.8 Å². The minimum atomic E-state index is -1.07. The summed E-state index contributed by atoms with van der Waals surface area (Å²) in [4.78, 5) is 30.7. The van der Waals surface area contributed by atoms with Crippen molar-refractivity contribution in [2.75, 3.05) is 18.0 Å². The molecule has 1 aliphatic heterocycles. The summed E-state index contributed by atoms with van der Waals surface area (Å²) in [5.41, 5.74) is 1.52. The number of halogens is 3. The summed E-state index contributed by atoms with van der Waals surface area (Å²) in [6, 6.07) is 7.45. The molecule has 9 nitrogen and oxygen atoms in total. The number of aryl methyl sites for hydroxylation is 1. The van der Waals surface area contributed by atoms with Crippen LogP contribution >= 0.6 is 11.6 Å². The van der Waals surface area contributed by atoms with Crippen LogP contribution in [0.25, 0.3) is 11.2 Å². The molecule has 1 aromatic carbocycles. The van der Waals surface area contributed by atoms with Crippen molar-refractivity contribution < 1.29 is 23.4 Å². The van der Waals surface area contributed by atoms with Gasteiger partial charge in [0.1, 0.15) is 23.8 Å². The Morgan fingerprint density at radius 3 is 2.67 bits per heavy atom. The van der Waals surface area contributed by atoms with Crippen molar-refractivity contribution in [3.8, 4) is 6.01 Å².